The highest BCUT2D eigenvalue weighted by molar-refractivity contribution is 5.49. The first-order chi connectivity index (χ1) is 15.2. The summed E-state index contributed by atoms with van der Waals surface area (Å²) in [6, 6.07) is 16.1. The lowest BCUT2D eigenvalue weighted by atomic mass is 10.0. The molecule has 164 valence electrons. The summed E-state index contributed by atoms with van der Waals surface area (Å²) in [5.74, 6) is 2.24. The van der Waals surface area contributed by atoms with Crippen molar-refractivity contribution in [3.63, 3.8) is 0 Å². The molecule has 0 saturated carbocycles. The van der Waals surface area contributed by atoms with Gasteiger partial charge in [-0.3, -0.25) is 4.90 Å². The molecular weight excluding hydrogens is 392 g/mol. The van der Waals surface area contributed by atoms with Gasteiger partial charge in [0.05, 0.1) is 20.8 Å². The Morgan fingerprint density at radius 2 is 1.71 bits per heavy atom. The minimum atomic E-state index is -0.136. The lowest BCUT2D eigenvalue weighted by Gasteiger charge is -2.38. The molecule has 1 unspecified atom stereocenters. The molecule has 4 rings (SSSR count). The fourth-order valence-corrected chi connectivity index (χ4v) is 4.24. The highest BCUT2D eigenvalue weighted by Crippen LogP contribution is 2.39. The molecule has 2 aromatic carbocycles. The topological polar surface area (TPSA) is 68.5 Å². The minimum absolute atomic E-state index is 0.136. The lowest BCUT2D eigenvalue weighted by Crippen LogP contribution is -2.48. The summed E-state index contributed by atoms with van der Waals surface area (Å²) in [5, 5.41) is 12.9. The molecule has 0 aliphatic carbocycles. The molecule has 0 amide bonds. The standard InChI is InChI=1S/C23H30N6O2/c1-4-27-13-15-28(16-14-27)21(19-11-8-12-20(30-2)22(19)31-3)23-24-25-26-29(23)17-18-9-6-5-7-10-18/h5-12,21H,4,13-17H2,1-3H3. The van der Waals surface area contributed by atoms with Gasteiger partial charge in [0, 0.05) is 31.7 Å². The molecule has 3 aromatic rings. The smallest absolute Gasteiger partial charge is 0.173 e. The van der Waals surface area contributed by atoms with Gasteiger partial charge in [0.25, 0.3) is 0 Å². The van der Waals surface area contributed by atoms with Crippen molar-refractivity contribution >= 4 is 0 Å². The van der Waals surface area contributed by atoms with E-state index in [4.69, 9.17) is 9.47 Å². The highest BCUT2D eigenvalue weighted by atomic mass is 16.5. The number of likely N-dealkylation sites (N-methyl/N-ethyl adjacent to an activating group) is 1. The largest absolute Gasteiger partial charge is 0.493 e. The van der Waals surface area contributed by atoms with E-state index in [0.29, 0.717) is 12.3 Å². The van der Waals surface area contributed by atoms with Crippen molar-refractivity contribution < 1.29 is 9.47 Å². The maximum atomic E-state index is 5.80. The molecule has 1 aliphatic rings. The molecule has 2 heterocycles. The van der Waals surface area contributed by atoms with Gasteiger partial charge in [0.15, 0.2) is 17.3 Å². The number of benzene rings is 2. The van der Waals surface area contributed by atoms with E-state index in [1.807, 2.05) is 35.0 Å². The minimum Gasteiger partial charge on any atom is -0.493 e. The Labute approximate surface area is 183 Å². The van der Waals surface area contributed by atoms with E-state index in [0.717, 1.165) is 55.4 Å². The molecular formula is C23H30N6O2. The third-order valence-electron chi connectivity index (χ3n) is 5.93. The number of hydrogen-bond acceptors (Lipinski definition) is 7. The molecule has 0 spiro atoms. The summed E-state index contributed by atoms with van der Waals surface area (Å²) in [5.41, 5.74) is 2.17. The van der Waals surface area contributed by atoms with Crippen LogP contribution in [0.25, 0.3) is 0 Å². The zero-order valence-electron chi connectivity index (χ0n) is 18.4. The van der Waals surface area contributed by atoms with Crippen molar-refractivity contribution in [1.82, 2.24) is 30.0 Å². The fraction of sp³-hybridized carbons (Fsp3) is 0.435. The van der Waals surface area contributed by atoms with E-state index in [2.05, 4.69) is 50.4 Å². The molecule has 0 N–H and O–H groups in total. The van der Waals surface area contributed by atoms with Gasteiger partial charge in [-0.1, -0.05) is 49.4 Å². The zero-order chi connectivity index (χ0) is 21.6. The molecule has 1 atom stereocenters. The highest BCUT2D eigenvalue weighted by Gasteiger charge is 2.33. The van der Waals surface area contributed by atoms with Crippen molar-refractivity contribution in [3.05, 3.63) is 65.5 Å². The van der Waals surface area contributed by atoms with Gasteiger partial charge in [-0.25, -0.2) is 4.68 Å². The molecule has 1 aliphatic heterocycles. The molecule has 8 nitrogen and oxygen atoms in total. The van der Waals surface area contributed by atoms with E-state index < -0.39 is 0 Å². The summed E-state index contributed by atoms with van der Waals surface area (Å²) >= 11 is 0. The number of aromatic nitrogens is 4. The van der Waals surface area contributed by atoms with Crippen LogP contribution in [0.15, 0.2) is 48.5 Å². The van der Waals surface area contributed by atoms with Crippen LogP contribution in [0.3, 0.4) is 0 Å². The van der Waals surface area contributed by atoms with Crippen molar-refractivity contribution in [2.45, 2.75) is 19.5 Å². The molecule has 0 radical (unpaired) electrons. The predicted molar refractivity (Wildman–Crippen MR) is 118 cm³/mol. The van der Waals surface area contributed by atoms with Crippen LogP contribution >= 0.6 is 0 Å². The summed E-state index contributed by atoms with van der Waals surface area (Å²) in [7, 11) is 3.34. The maximum absolute atomic E-state index is 5.80. The third kappa shape index (κ3) is 4.55. The van der Waals surface area contributed by atoms with Crippen LogP contribution in [0.1, 0.15) is 29.9 Å². The van der Waals surface area contributed by atoms with Gasteiger partial charge in [0.2, 0.25) is 0 Å². The van der Waals surface area contributed by atoms with E-state index >= 15 is 0 Å². The van der Waals surface area contributed by atoms with Crippen molar-refractivity contribution in [1.29, 1.82) is 0 Å². The van der Waals surface area contributed by atoms with E-state index in [1.165, 1.54) is 0 Å². The number of ether oxygens (including phenoxy) is 2. The number of para-hydroxylation sites is 1. The second-order valence-corrected chi connectivity index (χ2v) is 7.64. The van der Waals surface area contributed by atoms with E-state index in [1.54, 1.807) is 14.2 Å². The average molecular weight is 423 g/mol. The first kappa shape index (κ1) is 21.3. The molecule has 8 heteroatoms. The molecule has 31 heavy (non-hydrogen) atoms. The van der Waals surface area contributed by atoms with Crippen molar-refractivity contribution in [2.24, 2.45) is 0 Å². The normalized spacial score (nSPS) is 16.2. The third-order valence-corrected chi connectivity index (χ3v) is 5.93. The number of tetrazole rings is 1. The molecule has 1 saturated heterocycles. The number of methoxy groups -OCH3 is 2. The predicted octanol–water partition coefficient (Wildman–Crippen LogP) is 2.47. The van der Waals surface area contributed by atoms with Crippen molar-refractivity contribution in [2.75, 3.05) is 46.9 Å². The molecule has 1 aromatic heterocycles. The maximum Gasteiger partial charge on any atom is 0.173 e. The Hall–Kier alpha value is -2.97. The Morgan fingerprint density at radius 3 is 2.39 bits per heavy atom. The van der Waals surface area contributed by atoms with Crippen LogP contribution in [0.2, 0.25) is 0 Å². The monoisotopic (exact) mass is 422 g/mol. The summed E-state index contributed by atoms with van der Waals surface area (Å²) in [4.78, 5) is 4.90. The van der Waals surface area contributed by atoms with Crippen LogP contribution in [-0.2, 0) is 6.54 Å². The van der Waals surface area contributed by atoms with Gasteiger partial charge in [-0.05, 0) is 28.6 Å². The first-order valence-electron chi connectivity index (χ1n) is 10.7. The van der Waals surface area contributed by atoms with Crippen LogP contribution in [0, 0.1) is 0 Å². The second kappa shape index (κ2) is 9.89. The number of piperazine rings is 1. The van der Waals surface area contributed by atoms with E-state index in [-0.39, 0.29) is 6.04 Å². The molecule has 0 bridgehead atoms. The van der Waals surface area contributed by atoms with Gasteiger partial charge in [-0.2, -0.15) is 0 Å². The summed E-state index contributed by atoms with van der Waals surface area (Å²) in [6.07, 6.45) is 0. The number of hydrogen-bond donors (Lipinski definition) is 0. The Balaban J connectivity index is 1.75. The van der Waals surface area contributed by atoms with Gasteiger partial charge >= 0.3 is 0 Å². The number of nitrogens with zero attached hydrogens (tertiary/aromatic N) is 6. The second-order valence-electron chi connectivity index (χ2n) is 7.64. The van der Waals surface area contributed by atoms with Gasteiger partial charge in [0.1, 0.15) is 6.04 Å². The summed E-state index contributed by atoms with van der Waals surface area (Å²) < 4.78 is 13.3. The zero-order valence-corrected chi connectivity index (χ0v) is 18.4. The van der Waals surface area contributed by atoms with Crippen molar-refractivity contribution in [3.8, 4) is 11.5 Å². The Morgan fingerprint density at radius 1 is 0.935 bits per heavy atom. The van der Waals surface area contributed by atoms with Crippen LogP contribution in [0.4, 0.5) is 0 Å². The summed E-state index contributed by atoms with van der Waals surface area (Å²) in [6.45, 7) is 7.76. The lowest BCUT2D eigenvalue weighted by molar-refractivity contribution is 0.107. The SMILES string of the molecule is CCN1CCN(C(c2cccc(OC)c2OC)c2nnnn2Cc2ccccc2)CC1. The van der Waals surface area contributed by atoms with E-state index in [9.17, 15) is 0 Å². The molecule has 1 fully saturated rings. The average Bonchev–Trinajstić information content (AvgIpc) is 3.27. The van der Waals surface area contributed by atoms with Crippen LogP contribution < -0.4 is 9.47 Å². The Bertz CT molecular complexity index is 969. The first-order valence-corrected chi connectivity index (χ1v) is 10.7. The fourth-order valence-electron chi connectivity index (χ4n) is 4.24. The Kier molecular flexibility index (Phi) is 6.79. The number of rotatable bonds is 8. The quantitative estimate of drug-likeness (QED) is 0.552. The van der Waals surface area contributed by atoms with Crippen LogP contribution in [0.5, 0.6) is 11.5 Å². The van der Waals surface area contributed by atoms with Gasteiger partial charge < -0.3 is 14.4 Å². The van der Waals surface area contributed by atoms with Gasteiger partial charge in [-0.15, -0.1) is 5.10 Å². The van der Waals surface area contributed by atoms with Crippen LogP contribution in [-0.4, -0.2) is 77.0 Å².